The monoisotopic (exact) mass is 432 g/mol. The molecule has 7 nitrogen and oxygen atoms in total. The summed E-state index contributed by atoms with van der Waals surface area (Å²) < 4.78 is 24.9. The Morgan fingerprint density at radius 2 is 1.74 bits per heavy atom. The second-order valence-electron chi connectivity index (χ2n) is 7.29. The number of nitrogens with zero attached hydrogens (tertiary/aromatic N) is 2. The number of carbonyl (C=O) groups excluding carboxylic acids is 3. The predicted octanol–water partition coefficient (Wildman–Crippen LogP) is 3.30. The highest BCUT2D eigenvalue weighted by molar-refractivity contribution is 6.06. The number of hydrogen-bond donors (Lipinski definition) is 0. The van der Waals surface area contributed by atoms with Crippen molar-refractivity contribution in [2.75, 3.05) is 20.8 Å². The molecule has 0 aliphatic rings. The van der Waals surface area contributed by atoms with Gasteiger partial charge in [-0.15, -0.1) is 0 Å². The summed E-state index contributed by atoms with van der Waals surface area (Å²) in [7, 11) is 2.70. The molecule has 0 spiro atoms. The zero-order chi connectivity index (χ0) is 23.3. The third kappa shape index (κ3) is 5.02. The number of methoxy groups -OCH3 is 2. The van der Waals surface area contributed by atoms with E-state index in [2.05, 4.69) is 0 Å². The third-order valence-electron chi connectivity index (χ3n) is 5.41. The molecule has 1 aromatic heterocycles. The lowest BCUT2D eigenvalue weighted by Crippen LogP contribution is -2.44. The van der Waals surface area contributed by atoms with Crippen LogP contribution in [0.15, 0.2) is 24.3 Å². The van der Waals surface area contributed by atoms with Crippen LogP contribution in [0.5, 0.6) is 0 Å². The standard InChI is InChI=1S/C23H29FN2O5/c1-7-25-15(3)20(14(2)21(25)23(29)31-6)22(28)16(4)26(19(27)13-30-5)12-17-8-10-18(24)11-9-17/h8-11,16H,7,12-13H2,1-6H3. The first-order valence-corrected chi connectivity index (χ1v) is 10.0. The molecule has 2 aromatic rings. The Labute approximate surface area is 181 Å². The van der Waals surface area contributed by atoms with Gasteiger partial charge in [0.25, 0.3) is 0 Å². The van der Waals surface area contributed by atoms with E-state index in [1.165, 1.54) is 31.3 Å². The number of ether oxygens (including phenoxy) is 2. The van der Waals surface area contributed by atoms with Gasteiger partial charge in [0.15, 0.2) is 5.78 Å². The van der Waals surface area contributed by atoms with E-state index in [1.54, 1.807) is 37.5 Å². The van der Waals surface area contributed by atoms with Crippen LogP contribution in [-0.2, 0) is 27.4 Å². The van der Waals surface area contributed by atoms with Crippen LogP contribution in [0.25, 0.3) is 0 Å². The normalized spacial score (nSPS) is 11.8. The number of amides is 1. The van der Waals surface area contributed by atoms with Crippen molar-refractivity contribution in [1.29, 1.82) is 0 Å². The Bertz CT molecular complexity index is 965. The lowest BCUT2D eigenvalue weighted by molar-refractivity contribution is -0.137. The highest BCUT2D eigenvalue weighted by Crippen LogP contribution is 2.26. The van der Waals surface area contributed by atoms with E-state index in [1.807, 2.05) is 6.92 Å². The molecule has 0 fully saturated rings. The Morgan fingerprint density at radius 1 is 1.13 bits per heavy atom. The molecule has 168 valence electrons. The van der Waals surface area contributed by atoms with Gasteiger partial charge in [-0.25, -0.2) is 9.18 Å². The summed E-state index contributed by atoms with van der Waals surface area (Å²) in [6.45, 7) is 7.39. The summed E-state index contributed by atoms with van der Waals surface area (Å²) in [6, 6.07) is 4.92. The summed E-state index contributed by atoms with van der Waals surface area (Å²) in [4.78, 5) is 40.0. The van der Waals surface area contributed by atoms with Crippen molar-refractivity contribution in [3.63, 3.8) is 0 Å². The largest absolute Gasteiger partial charge is 0.464 e. The maximum atomic E-state index is 13.5. The number of hydrogen-bond acceptors (Lipinski definition) is 5. The molecular formula is C23H29FN2O5. The van der Waals surface area contributed by atoms with E-state index in [9.17, 15) is 18.8 Å². The van der Waals surface area contributed by atoms with Gasteiger partial charge in [0, 0.05) is 31.5 Å². The summed E-state index contributed by atoms with van der Waals surface area (Å²) in [5, 5.41) is 0. The summed E-state index contributed by atoms with van der Waals surface area (Å²) in [6.07, 6.45) is 0. The van der Waals surface area contributed by atoms with Crippen molar-refractivity contribution in [3.8, 4) is 0 Å². The van der Waals surface area contributed by atoms with Gasteiger partial charge in [-0.2, -0.15) is 0 Å². The summed E-state index contributed by atoms with van der Waals surface area (Å²) in [5.41, 5.74) is 2.55. The maximum absolute atomic E-state index is 13.5. The van der Waals surface area contributed by atoms with Crippen molar-refractivity contribution in [2.45, 2.75) is 46.8 Å². The van der Waals surface area contributed by atoms with Crippen LogP contribution < -0.4 is 0 Å². The molecule has 0 bridgehead atoms. The van der Waals surface area contributed by atoms with E-state index in [0.29, 0.717) is 34.6 Å². The first-order chi connectivity index (χ1) is 14.7. The van der Waals surface area contributed by atoms with Crippen LogP contribution >= 0.6 is 0 Å². The summed E-state index contributed by atoms with van der Waals surface area (Å²) in [5.74, 6) is -1.57. The molecule has 1 amide bonds. The second kappa shape index (κ2) is 10.3. The molecule has 8 heteroatoms. The molecule has 0 saturated heterocycles. The van der Waals surface area contributed by atoms with E-state index >= 15 is 0 Å². The molecule has 2 rings (SSSR count). The highest BCUT2D eigenvalue weighted by atomic mass is 19.1. The molecule has 0 radical (unpaired) electrons. The average molecular weight is 432 g/mol. The number of aromatic nitrogens is 1. The number of halogens is 1. The number of carbonyl (C=O) groups is 3. The van der Waals surface area contributed by atoms with Crippen molar-refractivity contribution in [2.24, 2.45) is 0 Å². The van der Waals surface area contributed by atoms with Gasteiger partial charge in [-0.05, 0) is 51.0 Å². The molecule has 1 atom stereocenters. The topological polar surface area (TPSA) is 77.8 Å². The van der Waals surface area contributed by atoms with Crippen LogP contribution in [0.4, 0.5) is 4.39 Å². The zero-order valence-corrected chi connectivity index (χ0v) is 18.8. The molecule has 1 heterocycles. The van der Waals surface area contributed by atoms with Gasteiger partial charge in [0.1, 0.15) is 18.1 Å². The molecule has 31 heavy (non-hydrogen) atoms. The number of benzene rings is 1. The first kappa shape index (κ1) is 24.3. The Balaban J connectivity index is 2.47. The third-order valence-corrected chi connectivity index (χ3v) is 5.41. The molecule has 0 aliphatic carbocycles. The molecule has 0 N–H and O–H groups in total. The van der Waals surface area contributed by atoms with Crippen LogP contribution in [0.2, 0.25) is 0 Å². The SMILES string of the molecule is CCn1c(C)c(C(=O)C(C)N(Cc2ccc(F)cc2)C(=O)COC)c(C)c1C(=O)OC. The second-order valence-corrected chi connectivity index (χ2v) is 7.29. The van der Waals surface area contributed by atoms with Gasteiger partial charge < -0.3 is 18.9 Å². The van der Waals surface area contributed by atoms with Gasteiger partial charge in [0.2, 0.25) is 5.91 Å². The fraction of sp³-hybridized carbons (Fsp3) is 0.435. The van der Waals surface area contributed by atoms with Crippen molar-refractivity contribution >= 4 is 17.7 Å². The van der Waals surface area contributed by atoms with Gasteiger partial charge in [-0.3, -0.25) is 9.59 Å². The van der Waals surface area contributed by atoms with E-state index in [-0.39, 0.29) is 30.7 Å². The van der Waals surface area contributed by atoms with Crippen LogP contribution in [0.1, 0.15) is 51.5 Å². The highest BCUT2D eigenvalue weighted by Gasteiger charge is 2.32. The minimum absolute atomic E-state index is 0.117. The Hall–Kier alpha value is -3.00. The van der Waals surface area contributed by atoms with Gasteiger partial charge in [0.05, 0.1) is 13.2 Å². The fourth-order valence-electron chi connectivity index (χ4n) is 3.80. The molecule has 0 saturated carbocycles. The van der Waals surface area contributed by atoms with Crippen molar-refractivity contribution < 1.29 is 28.2 Å². The number of rotatable bonds is 9. The quantitative estimate of drug-likeness (QED) is 0.449. The van der Waals surface area contributed by atoms with Crippen LogP contribution in [-0.4, -0.2) is 54.0 Å². The molecular weight excluding hydrogens is 403 g/mol. The maximum Gasteiger partial charge on any atom is 0.354 e. The van der Waals surface area contributed by atoms with Crippen molar-refractivity contribution in [1.82, 2.24) is 9.47 Å². The van der Waals surface area contributed by atoms with Gasteiger partial charge in [-0.1, -0.05) is 12.1 Å². The Kier molecular flexibility index (Phi) is 8.10. The van der Waals surface area contributed by atoms with Crippen LogP contribution in [0, 0.1) is 19.7 Å². The number of Topliss-reactive ketones (excluding diaryl/α,β-unsaturated/α-hetero) is 1. The lowest BCUT2D eigenvalue weighted by Gasteiger charge is -2.28. The minimum Gasteiger partial charge on any atom is -0.464 e. The Morgan fingerprint density at radius 3 is 2.26 bits per heavy atom. The van der Waals surface area contributed by atoms with Gasteiger partial charge >= 0.3 is 5.97 Å². The fourth-order valence-corrected chi connectivity index (χ4v) is 3.80. The molecule has 1 aromatic carbocycles. The van der Waals surface area contributed by atoms with E-state index in [0.717, 1.165) is 0 Å². The molecule has 0 aliphatic heterocycles. The minimum atomic E-state index is -0.830. The zero-order valence-electron chi connectivity index (χ0n) is 18.8. The number of ketones is 1. The predicted molar refractivity (Wildman–Crippen MR) is 114 cm³/mol. The van der Waals surface area contributed by atoms with E-state index < -0.39 is 12.0 Å². The van der Waals surface area contributed by atoms with E-state index in [4.69, 9.17) is 9.47 Å². The van der Waals surface area contributed by atoms with Crippen molar-refractivity contribution in [3.05, 3.63) is 58.2 Å². The van der Waals surface area contributed by atoms with Crippen LogP contribution in [0.3, 0.4) is 0 Å². The smallest absolute Gasteiger partial charge is 0.354 e. The summed E-state index contributed by atoms with van der Waals surface area (Å²) >= 11 is 0. The molecule has 1 unspecified atom stereocenters. The average Bonchev–Trinajstić information content (AvgIpc) is 3.01. The lowest BCUT2D eigenvalue weighted by atomic mass is 9.99. The first-order valence-electron chi connectivity index (χ1n) is 10.0. The number of esters is 1.